The van der Waals surface area contributed by atoms with E-state index < -0.39 is 5.97 Å². The summed E-state index contributed by atoms with van der Waals surface area (Å²) in [6, 6.07) is 0. The van der Waals surface area contributed by atoms with Gasteiger partial charge in [-0.2, -0.15) is 0 Å². The highest BCUT2D eigenvalue weighted by molar-refractivity contribution is 5.86. The van der Waals surface area contributed by atoms with Crippen LogP contribution in [0.2, 0.25) is 0 Å². The van der Waals surface area contributed by atoms with Gasteiger partial charge in [0, 0.05) is 11.6 Å². The molecule has 0 saturated carbocycles. The van der Waals surface area contributed by atoms with Crippen LogP contribution < -0.4 is 0 Å². The number of halogens is 1. The molecule has 0 amide bonds. The molecule has 1 heterocycles. The van der Waals surface area contributed by atoms with E-state index in [1.54, 1.807) is 0 Å². The highest BCUT2D eigenvalue weighted by atomic mass is 19.1. The molecule has 1 aliphatic rings. The zero-order valence-electron chi connectivity index (χ0n) is 4.48. The molecule has 0 spiro atoms. The average Bonchev–Trinajstić information content (AvgIpc) is 2.17. The monoisotopic (exact) mass is 126 g/mol. The molecule has 1 rings (SSSR count). The van der Waals surface area contributed by atoms with Gasteiger partial charge in [-0.05, 0) is 5.92 Å². The largest absolute Gasteiger partial charge is 0.457 e. The van der Waals surface area contributed by atoms with E-state index in [2.05, 4.69) is 10.7 Å². The lowest BCUT2D eigenvalue weighted by molar-refractivity contribution is -0.134. The van der Waals surface area contributed by atoms with Crippen molar-refractivity contribution in [1.82, 2.24) is 0 Å². The minimum absolute atomic E-state index is 0.107. The van der Waals surface area contributed by atoms with Gasteiger partial charge in [-0.3, -0.25) is 0 Å². The summed E-state index contributed by atoms with van der Waals surface area (Å²) < 4.78 is 15.6. The average molecular weight is 126 g/mol. The first-order valence-electron chi connectivity index (χ1n) is 2.32. The molecule has 0 N–H and O–H groups in total. The molecule has 0 fully saturated rings. The van der Waals surface area contributed by atoms with Gasteiger partial charge in [0.2, 0.25) is 0 Å². The SMILES string of the molecule is O=C1C=C(C#CF)CO1. The number of hydrogen-bond acceptors (Lipinski definition) is 2. The van der Waals surface area contributed by atoms with Gasteiger partial charge < -0.3 is 4.74 Å². The molecule has 0 unspecified atom stereocenters. The van der Waals surface area contributed by atoms with Crippen molar-refractivity contribution < 1.29 is 13.9 Å². The van der Waals surface area contributed by atoms with Gasteiger partial charge >= 0.3 is 5.97 Å². The van der Waals surface area contributed by atoms with Gasteiger partial charge in [0.05, 0.1) is 0 Å². The molecule has 3 heteroatoms. The van der Waals surface area contributed by atoms with Crippen molar-refractivity contribution in [3.05, 3.63) is 11.6 Å². The third kappa shape index (κ3) is 1.29. The molecule has 0 saturated heterocycles. The van der Waals surface area contributed by atoms with Crippen molar-refractivity contribution in [2.75, 3.05) is 6.61 Å². The van der Waals surface area contributed by atoms with E-state index >= 15 is 0 Å². The Kier molecular flexibility index (Phi) is 1.50. The van der Waals surface area contributed by atoms with Crippen LogP contribution in [0.3, 0.4) is 0 Å². The van der Waals surface area contributed by atoms with E-state index in [0.717, 1.165) is 0 Å². The predicted molar refractivity (Wildman–Crippen MR) is 27.9 cm³/mol. The van der Waals surface area contributed by atoms with Crippen LogP contribution in [0.25, 0.3) is 0 Å². The second-order valence-corrected chi connectivity index (χ2v) is 1.50. The zero-order chi connectivity index (χ0) is 6.69. The molecular formula is C6H3FO2. The van der Waals surface area contributed by atoms with Crippen LogP contribution in [0.15, 0.2) is 11.6 Å². The van der Waals surface area contributed by atoms with E-state index in [4.69, 9.17) is 0 Å². The van der Waals surface area contributed by atoms with Crippen LogP contribution in [0.1, 0.15) is 0 Å². The van der Waals surface area contributed by atoms with Crippen LogP contribution in [0.4, 0.5) is 4.39 Å². The summed E-state index contributed by atoms with van der Waals surface area (Å²) in [5.41, 5.74) is 0.391. The predicted octanol–water partition coefficient (Wildman–Crippen LogP) is 0.400. The smallest absolute Gasteiger partial charge is 0.332 e. The number of rotatable bonds is 0. The van der Waals surface area contributed by atoms with Crippen molar-refractivity contribution in [2.24, 2.45) is 0 Å². The summed E-state index contributed by atoms with van der Waals surface area (Å²) in [4.78, 5) is 10.2. The quantitative estimate of drug-likeness (QED) is 0.347. The molecule has 0 aromatic heterocycles. The Bertz CT molecular complexity index is 219. The zero-order valence-corrected chi connectivity index (χ0v) is 4.48. The number of carbonyl (C=O) groups excluding carboxylic acids is 1. The molecular weight excluding hydrogens is 123 g/mol. The highest BCUT2D eigenvalue weighted by Gasteiger charge is 2.09. The first kappa shape index (κ1) is 5.83. The first-order valence-corrected chi connectivity index (χ1v) is 2.32. The number of carbonyl (C=O) groups is 1. The fourth-order valence-corrected chi connectivity index (χ4v) is 0.507. The molecule has 2 nitrogen and oxygen atoms in total. The highest BCUT2D eigenvalue weighted by Crippen LogP contribution is 2.02. The van der Waals surface area contributed by atoms with E-state index in [1.807, 2.05) is 0 Å². The van der Waals surface area contributed by atoms with E-state index in [0.29, 0.717) is 5.57 Å². The van der Waals surface area contributed by atoms with Gasteiger partial charge in [0.1, 0.15) is 12.8 Å². The van der Waals surface area contributed by atoms with Gasteiger partial charge in [-0.1, -0.05) is 0 Å². The maximum atomic E-state index is 11.2. The third-order valence-electron chi connectivity index (χ3n) is 0.870. The summed E-state index contributed by atoms with van der Waals surface area (Å²) in [6.45, 7) is 0.107. The molecule has 0 aromatic rings. The minimum Gasteiger partial charge on any atom is -0.457 e. The summed E-state index contributed by atoms with van der Waals surface area (Å²) >= 11 is 0. The van der Waals surface area contributed by atoms with E-state index in [1.165, 1.54) is 12.3 Å². The van der Waals surface area contributed by atoms with Crippen molar-refractivity contribution in [3.8, 4) is 12.1 Å². The van der Waals surface area contributed by atoms with Gasteiger partial charge in [0.25, 0.3) is 0 Å². The van der Waals surface area contributed by atoms with Crippen molar-refractivity contribution >= 4 is 5.97 Å². The summed E-state index contributed by atoms with van der Waals surface area (Å²) in [6.07, 6.45) is 2.35. The Hall–Kier alpha value is -1.30. The first-order chi connectivity index (χ1) is 4.33. The fourth-order valence-electron chi connectivity index (χ4n) is 0.507. The van der Waals surface area contributed by atoms with E-state index in [9.17, 15) is 9.18 Å². The Morgan fingerprint density at radius 3 is 3.00 bits per heavy atom. The molecule has 46 valence electrons. The summed E-state index contributed by atoms with van der Waals surface area (Å²) in [5.74, 6) is 1.62. The number of cyclic esters (lactones) is 1. The Morgan fingerprint density at radius 2 is 2.56 bits per heavy atom. The maximum absolute atomic E-state index is 11.2. The third-order valence-corrected chi connectivity index (χ3v) is 0.870. The van der Waals surface area contributed by atoms with Gasteiger partial charge in [0.15, 0.2) is 0 Å². The Morgan fingerprint density at radius 1 is 1.78 bits per heavy atom. The second-order valence-electron chi connectivity index (χ2n) is 1.50. The number of hydrogen-bond donors (Lipinski definition) is 0. The lowest BCUT2D eigenvalue weighted by atomic mass is 10.3. The standard InChI is InChI=1S/C6H3FO2/c7-2-1-5-3-6(8)9-4-5/h3H,4H2. The molecule has 0 aromatic carbocycles. The summed E-state index contributed by atoms with van der Waals surface area (Å²) in [5, 5.41) is 0. The molecule has 1 aliphatic heterocycles. The van der Waals surface area contributed by atoms with Crippen LogP contribution in [0, 0.1) is 12.1 Å². The molecule has 0 radical (unpaired) electrons. The normalized spacial score (nSPS) is 15.7. The van der Waals surface area contributed by atoms with Crippen LogP contribution >= 0.6 is 0 Å². The topological polar surface area (TPSA) is 26.3 Å². The van der Waals surface area contributed by atoms with Crippen LogP contribution in [0.5, 0.6) is 0 Å². The maximum Gasteiger partial charge on any atom is 0.332 e. The second kappa shape index (κ2) is 2.31. The van der Waals surface area contributed by atoms with Crippen LogP contribution in [-0.4, -0.2) is 12.6 Å². The molecule has 0 atom stereocenters. The molecule has 0 bridgehead atoms. The van der Waals surface area contributed by atoms with Gasteiger partial charge in [-0.25, -0.2) is 4.79 Å². The van der Waals surface area contributed by atoms with E-state index in [-0.39, 0.29) is 6.61 Å². The van der Waals surface area contributed by atoms with Crippen LogP contribution in [-0.2, 0) is 9.53 Å². The van der Waals surface area contributed by atoms with Gasteiger partial charge in [-0.15, -0.1) is 4.39 Å². The lowest BCUT2D eigenvalue weighted by Gasteiger charge is -1.85. The fraction of sp³-hybridized carbons (Fsp3) is 0.167. The Balaban J connectivity index is 2.70. The summed E-state index contributed by atoms with van der Waals surface area (Å²) in [7, 11) is 0. The minimum atomic E-state index is -0.451. The molecule has 9 heavy (non-hydrogen) atoms. The Labute approximate surface area is 51.3 Å². The number of ether oxygens (including phenoxy) is 1. The molecule has 0 aliphatic carbocycles. The number of esters is 1. The van der Waals surface area contributed by atoms with Crippen molar-refractivity contribution in [1.29, 1.82) is 0 Å². The van der Waals surface area contributed by atoms with Crippen molar-refractivity contribution in [2.45, 2.75) is 0 Å². The lowest BCUT2D eigenvalue weighted by Crippen LogP contribution is -1.90. The van der Waals surface area contributed by atoms with Crippen molar-refractivity contribution in [3.63, 3.8) is 0 Å².